The number of rotatable bonds is 5. The van der Waals surface area contributed by atoms with Crippen molar-refractivity contribution < 1.29 is 19.0 Å². The first-order valence-electron chi connectivity index (χ1n) is 7.47. The zero-order chi connectivity index (χ0) is 16.9. The number of benzene rings is 2. The van der Waals surface area contributed by atoms with Crippen LogP contribution in [0.5, 0.6) is 17.2 Å². The van der Waals surface area contributed by atoms with Crippen LogP contribution in [0.2, 0.25) is 0 Å². The second-order valence-corrected chi connectivity index (χ2v) is 5.33. The van der Waals surface area contributed by atoms with Gasteiger partial charge in [-0.3, -0.25) is 4.79 Å². The minimum atomic E-state index is -0.232. The Balaban J connectivity index is 1.53. The second kappa shape index (κ2) is 6.92. The SMILES string of the molecule is CC(NC(=O)COc1ccc(C#N)cc1)c1ccc2c(c1)OCO2. The van der Waals surface area contributed by atoms with Crippen LogP contribution in [0.3, 0.4) is 0 Å². The van der Waals surface area contributed by atoms with E-state index in [2.05, 4.69) is 5.32 Å². The molecule has 0 aromatic heterocycles. The molecule has 1 heterocycles. The Morgan fingerprint density at radius 1 is 1.25 bits per heavy atom. The first-order chi connectivity index (χ1) is 11.7. The van der Waals surface area contributed by atoms with Crippen molar-refractivity contribution in [2.24, 2.45) is 0 Å². The van der Waals surface area contributed by atoms with Crippen LogP contribution in [0.4, 0.5) is 0 Å². The maximum Gasteiger partial charge on any atom is 0.258 e. The monoisotopic (exact) mass is 324 g/mol. The Hall–Kier alpha value is -3.20. The van der Waals surface area contributed by atoms with Gasteiger partial charge in [0.05, 0.1) is 17.7 Å². The van der Waals surface area contributed by atoms with Crippen LogP contribution in [0.15, 0.2) is 42.5 Å². The van der Waals surface area contributed by atoms with Gasteiger partial charge in [0, 0.05) is 0 Å². The summed E-state index contributed by atoms with van der Waals surface area (Å²) >= 11 is 0. The van der Waals surface area contributed by atoms with Crippen molar-refractivity contribution in [2.75, 3.05) is 13.4 Å². The predicted octanol–water partition coefficient (Wildman–Crippen LogP) is 2.54. The molecule has 0 bridgehead atoms. The van der Waals surface area contributed by atoms with Crippen molar-refractivity contribution in [1.82, 2.24) is 5.32 Å². The number of nitrogens with one attached hydrogen (secondary N) is 1. The van der Waals surface area contributed by atoms with Crippen molar-refractivity contribution >= 4 is 5.91 Å². The molecule has 0 radical (unpaired) electrons. The molecule has 1 aliphatic heterocycles. The second-order valence-electron chi connectivity index (χ2n) is 5.33. The number of ether oxygens (including phenoxy) is 3. The number of fused-ring (bicyclic) bond motifs is 1. The third kappa shape index (κ3) is 3.58. The van der Waals surface area contributed by atoms with Crippen molar-refractivity contribution in [2.45, 2.75) is 13.0 Å². The van der Waals surface area contributed by atoms with Crippen LogP contribution >= 0.6 is 0 Å². The van der Waals surface area contributed by atoms with E-state index in [1.165, 1.54) is 0 Å². The highest BCUT2D eigenvalue weighted by atomic mass is 16.7. The lowest BCUT2D eigenvalue weighted by Crippen LogP contribution is -2.31. The number of nitriles is 1. The summed E-state index contributed by atoms with van der Waals surface area (Å²) in [4.78, 5) is 12.0. The average molecular weight is 324 g/mol. The molecular formula is C18H16N2O4. The summed E-state index contributed by atoms with van der Waals surface area (Å²) in [5, 5.41) is 11.6. The van der Waals surface area contributed by atoms with E-state index in [9.17, 15) is 4.79 Å². The molecule has 0 spiro atoms. The highest BCUT2D eigenvalue weighted by Gasteiger charge is 2.17. The van der Waals surface area contributed by atoms with Crippen molar-refractivity contribution in [3.63, 3.8) is 0 Å². The van der Waals surface area contributed by atoms with Gasteiger partial charge in [0.2, 0.25) is 6.79 Å². The first kappa shape index (κ1) is 15.7. The number of hydrogen-bond donors (Lipinski definition) is 1. The molecule has 1 atom stereocenters. The van der Waals surface area contributed by atoms with Gasteiger partial charge in [0.1, 0.15) is 5.75 Å². The van der Waals surface area contributed by atoms with E-state index in [1.54, 1.807) is 24.3 Å². The number of nitrogens with zero attached hydrogens (tertiary/aromatic N) is 1. The Labute approximate surface area is 139 Å². The third-order valence-corrected chi connectivity index (χ3v) is 3.63. The van der Waals surface area contributed by atoms with Gasteiger partial charge in [0.15, 0.2) is 18.1 Å². The average Bonchev–Trinajstić information content (AvgIpc) is 3.08. The third-order valence-electron chi connectivity index (χ3n) is 3.63. The van der Waals surface area contributed by atoms with Crippen LogP contribution in [-0.2, 0) is 4.79 Å². The van der Waals surface area contributed by atoms with E-state index in [1.807, 2.05) is 31.2 Å². The molecule has 0 aliphatic carbocycles. The van der Waals surface area contributed by atoms with E-state index < -0.39 is 0 Å². The number of carbonyl (C=O) groups is 1. The zero-order valence-corrected chi connectivity index (χ0v) is 13.1. The summed E-state index contributed by atoms with van der Waals surface area (Å²) in [6.07, 6.45) is 0. The lowest BCUT2D eigenvalue weighted by atomic mass is 10.1. The summed E-state index contributed by atoms with van der Waals surface area (Å²) in [6.45, 7) is 2.01. The summed E-state index contributed by atoms with van der Waals surface area (Å²) in [5.74, 6) is 1.70. The highest BCUT2D eigenvalue weighted by molar-refractivity contribution is 5.78. The van der Waals surface area contributed by atoms with Gasteiger partial charge in [-0.05, 0) is 48.9 Å². The number of carbonyl (C=O) groups excluding carboxylic acids is 1. The summed E-state index contributed by atoms with van der Waals surface area (Å²) in [5.41, 5.74) is 1.47. The molecule has 122 valence electrons. The Morgan fingerprint density at radius 3 is 2.75 bits per heavy atom. The van der Waals surface area contributed by atoms with Gasteiger partial charge in [-0.1, -0.05) is 6.07 Å². The molecule has 0 saturated carbocycles. The topological polar surface area (TPSA) is 80.6 Å². The number of hydrogen-bond acceptors (Lipinski definition) is 5. The maximum absolute atomic E-state index is 12.0. The summed E-state index contributed by atoms with van der Waals surface area (Å²) in [6, 6.07) is 14.0. The van der Waals surface area contributed by atoms with Crippen LogP contribution in [0.1, 0.15) is 24.1 Å². The van der Waals surface area contributed by atoms with Gasteiger partial charge in [-0.15, -0.1) is 0 Å². The van der Waals surface area contributed by atoms with E-state index in [4.69, 9.17) is 19.5 Å². The van der Waals surface area contributed by atoms with Gasteiger partial charge >= 0.3 is 0 Å². The molecule has 0 fully saturated rings. The van der Waals surface area contributed by atoms with Crippen LogP contribution in [-0.4, -0.2) is 19.3 Å². The predicted molar refractivity (Wildman–Crippen MR) is 85.8 cm³/mol. The van der Waals surface area contributed by atoms with Crippen LogP contribution in [0, 0.1) is 11.3 Å². The Morgan fingerprint density at radius 2 is 2.00 bits per heavy atom. The molecule has 6 heteroatoms. The fourth-order valence-electron chi connectivity index (χ4n) is 2.32. The van der Waals surface area contributed by atoms with Gasteiger partial charge in [-0.25, -0.2) is 0 Å². The minimum absolute atomic E-state index is 0.0964. The molecule has 6 nitrogen and oxygen atoms in total. The van der Waals surface area contributed by atoms with Gasteiger partial charge in [-0.2, -0.15) is 5.26 Å². The molecule has 24 heavy (non-hydrogen) atoms. The maximum atomic E-state index is 12.0. The molecule has 0 saturated heterocycles. The van der Waals surface area contributed by atoms with Gasteiger partial charge in [0.25, 0.3) is 5.91 Å². The molecule has 1 amide bonds. The molecule has 2 aromatic rings. The highest BCUT2D eigenvalue weighted by Crippen LogP contribution is 2.34. The van der Waals surface area contributed by atoms with E-state index >= 15 is 0 Å². The van der Waals surface area contributed by atoms with E-state index in [0.717, 1.165) is 5.56 Å². The fraction of sp³-hybridized carbons (Fsp3) is 0.222. The van der Waals surface area contributed by atoms with E-state index in [0.29, 0.717) is 22.8 Å². The summed E-state index contributed by atoms with van der Waals surface area (Å²) < 4.78 is 16.0. The van der Waals surface area contributed by atoms with Crippen molar-refractivity contribution in [3.05, 3.63) is 53.6 Å². The standard InChI is InChI=1S/C18H16N2O4/c1-12(14-4-7-16-17(8-14)24-11-23-16)20-18(21)10-22-15-5-2-13(9-19)3-6-15/h2-8,12H,10-11H2,1H3,(H,20,21). The van der Waals surface area contributed by atoms with Crippen molar-refractivity contribution in [1.29, 1.82) is 5.26 Å². The lowest BCUT2D eigenvalue weighted by molar-refractivity contribution is -0.123. The molecule has 3 rings (SSSR count). The first-order valence-corrected chi connectivity index (χ1v) is 7.47. The zero-order valence-electron chi connectivity index (χ0n) is 13.1. The van der Waals surface area contributed by atoms with Crippen molar-refractivity contribution in [3.8, 4) is 23.3 Å². The molecule has 1 aliphatic rings. The quantitative estimate of drug-likeness (QED) is 0.914. The van der Waals surface area contributed by atoms with Gasteiger partial charge < -0.3 is 19.5 Å². The Bertz CT molecular complexity index is 781. The smallest absolute Gasteiger partial charge is 0.258 e. The lowest BCUT2D eigenvalue weighted by Gasteiger charge is -2.15. The van der Waals surface area contributed by atoms with Crippen LogP contribution in [0.25, 0.3) is 0 Å². The Kier molecular flexibility index (Phi) is 4.52. The molecule has 2 aromatic carbocycles. The normalized spacial score (nSPS) is 13.0. The largest absolute Gasteiger partial charge is 0.484 e. The van der Waals surface area contributed by atoms with E-state index in [-0.39, 0.29) is 25.3 Å². The van der Waals surface area contributed by atoms with Crippen LogP contribution < -0.4 is 19.5 Å². The molecular weight excluding hydrogens is 308 g/mol. The minimum Gasteiger partial charge on any atom is -0.484 e. The molecule has 1 unspecified atom stereocenters. The molecule has 1 N–H and O–H groups in total. The fourth-order valence-corrected chi connectivity index (χ4v) is 2.32. The summed E-state index contributed by atoms with van der Waals surface area (Å²) in [7, 11) is 0. The number of amides is 1.